The number of hydrogen-bond donors (Lipinski definition) is 2. The molecule has 0 aliphatic rings. The van der Waals surface area contributed by atoms with Crippen LogP contribution in [-0.4, -0.2) is 32.7 Å². The van der Waals surface area contributed by atoms with Gasteiger partial charge in [0.15, 0.2) is 15.8 Å². The van der Waals surface area contributed by atoms with Crippen molar-refractivity contribution in [1.82, 2.24) is 5.32 Å². The van der Waals surface area contributed by atoms with Crippen LogP contribution in [0.25, 0.3) is 0 Å². The topological polar surface area (TPSA) is 84.5 Å². The fourth-order valence-corrected chi connectivity index (χ4v) is 2.77. The molecular formula is C12H18BrN3O2S. The Labute approximate surface area is 122 Å². The van der Waals surface area contributed by atoms with Crippen molar-refractivity contribution >= 4 is 31.7 Å². The minimum atomic E-state index is -3.31. The van der Waals surface area contributed by atoms with Gasteiger partial charge in [0.1, 0.15) is 0 Å². The summed E-state index contributed by atoms with van der Waals surface area (Å²) in [5.41, 5.74) is 5.60. The number of aliphatic imine (C=N–C) groups is 1. The first-order chi connectivity index (χ1) is 8.81. The minimum absolute atomic E-state index is 0.0604. The van der Waals surface area contributed by atoms with E-state index in [4.69, 9.17) is 5.73 Å². The smallest absolute Gasteiger partial charge is 0.188 e. The van der Waals surface area contributed by atoms with Crippen LogP contribution in [0.3, 0.4) is 0 Å². The SMILES string of the molecule is CC(C)NC(N)=NCCS(=O)(=O)c1ccc(Br)cc1. The number of hydrogen-bond acceptors (Lipinski definition) is 3. The normalized spacial score (nSPS) is 12.7. The molecule has 0 spiro atoms. The third-order valence-electron chi connectivity index (χ3n) is 2.25. The van der Waals surface area contributed by atoms with Gasteiger partial charge in [-0.1, -0.05) is 15.9 Å². The third-order valence-corrected chi connectivity index (χ3v) is 4.49. The van der Waals surface area contributed by atoms with Gasteiger partial charge in [0.25, 0.3) is 0 Å². The average molecular weight is 348 g/mol. The maximum absolute atomic E-state index is 12.0. The molecule has 0 atom stereocenters. The van der Waals surface area contributed by atoms with E-state index in [-0.39, 0.29) is 24.3 Å². The zero-order valence-corrected chi connectivity index (χ0v) is 13.3. The first-order valence-electron chi connectivity index (χ1n) is 5.86. The third kappa shape index (κ3) is 5.61. The summed E-state index contributed by atoms with van der Waals surface area (Å²) in [6.07, 6.45) is 0. The monoisotopic (exact) mass is 347 g/mol. The molecule has 0 aliphatic heterocycles. The predicted molar refractivity (Wildman–Crippen MR) is 81.0 cm³/mol. The van der Waals surface area contributed by atoms with Crippen LogP contribution in [0.5, 0.6) is 0 Å². The summed E-state index contributed by atoms with van der Waals surface area (Å²) in [5, 5.41) is 2.90. The standard InChI is InChI=1S/C12H18BrN3O2S/c1-9(2)16-12(14)15-7-8-19(17,18)11-5-3-10(13)4-6-11/h3-6,9H,7-8H2,1-2H3,(H3,14,15,16). The van der Waals surface area contributed by atoms with E-state index < -0.39 is 9.84 Å². The van der Waals surface area contributed by atoms with Gasteiger partial charge in [0.05, 0.1) is 17.2 Å². The van der Waals surface area contributed by atoms with Crippen molar-refractivity contribution in [1.29, 1.82) is 0 Å². The van der Waals surface area contributed by atoms with E-state index in [1.807, 2.05) is 13.8 Å². The first-order valence-corrected chi connectivity index (χ1v) is 8.30. The highest BCUT2D eigenvalue weighted by Crippen LogP contribution is 2.15. The highest BCUT2D eigenvalue weighted by atomic mass is 79.9. The van der Waals surface area contributed by atoms with Crippen LogP contribution in [-0.2, 0) is 9.84 Å². The van der Waals surface area contributed by atoms with Crippen molar-refractivity contribution in [3.8, 4) is 0 Å². The van der Waals surface area contributed by atoms with Crippen LogP contribution in [0.2, 0.25) is 0 Å². The molecule has 0 unspecified atom stereocenters. The number of sulfone groups is 1. The number of benzene rings is 1. The predicted octanol–water partition coefficient (Wildman–Crippen LogP) is 1.54. The second-order valence-corrected chi connectivity index (χ2v) is 7.36. The lowest BCUT2D eigenvalue weighted by Gasteiger charge is -2.08. The molecule has 1 rings (SSSR count). The van der Waals surface area contributed by atoms with Gasteiger partial charge in [-0.15, -0.1) is 0 Å². The molecule has 0 fully saturated rings. The fourth-order valence-electron chi connectivity index (χ4n) is 1.39. The summed E-state index contributed by atoms with van der Waals surface area (Å²) >= 11 is 3.27. The Balaban J connectivity index is 2.64. The van der Waals surface area contributed by atoms with Crippen LogP contribution >= 0.6 is 15.9 Å². The van der Waals surface area contributed by atoms with Gasteiger partial charge in [-0.25, -0.2) is 8.42 Å². The maximum Gasteiger partial charge on any atom is 0.188 e. The molecule has 0 bridgehead atoms. The molecule has 5 nitrogen and oxygen atoms in total. The summed E-state index contributed by atoms with van der Waals surface area (Å²) in [6, 6.07) is 6.71. The molecular weight excluding hydrogens is 330 g/mol. The lowest BCUT2D eigenvalue weighted by atomic mass is 10.4. The van der Waals surface area contributed by atoms with Crippen molar-refractivity contribution in [2.45, 2.75) is 24.8 Å². The van der Waals surface area contributed by atoms with Gasteiger partial charge in [0, 0.05) is 10.5 Å². The van der Waals surface area contributed by atoms with Crippen molar-refractivity contribution < 1.29 is 8.42 Å². The Morgan fingerprint density at radius 2 is 1.95 bits per heavy atom. The number of nitrogens with zero attached hydrogens (tertiary/aromatic N) is 1. The van der Waals surface area contributed by atoms with E-state index >= 15 is 0 Å². The Morgan fingerprint density at radius 1 is 1.37 bits per heavy atom. The molecule has 106 valence electrons. The quantitative estimate of drug-likeness (QED) is 0.624. The van der Waals surface area contributed by atoms with Crippen LogP contribution in [0.15, 0.2) is 38.6 Å². The van der Waals surface area contributed by atoms with Gasteiger partial charge in [0.2, 0.25) is 0 Å². The summed E-state index contributed by atoms with van der Waals surface area (Å²) < 4.78 is 24.8. The number of halogens is 1. The summed E-state index contributed by atoms with van der Waals surface area (Å²) in [4.78, 5) is 4.28. The van der Waals surface area contributed by atoms with Gasteiger partial charge < -0.3 is 11.1 Å². The second kappa shape index (κ2) is 6.91. The Bertz CT molecular complexity index is 539. The molecule has 0 radical (unpaired) electrons. The molecule has 1 aromatic rings. The summed E-state index contributed by atoms with van der Waals surface area (Å²) in [6.45, 7) is 4.01. The molecule has 0 aromatic heterocycles. The van der Waals surface area contributed by atoms with Gasteiger partial charge >= 0.3 is 0 Å². The van der Waals surface area contributed by atoms with E-state index in [1.165, 1.54) is 0 Å². The van der Waals surface area contributed by atoms with Crippen LogP contribution in [0.1, 0.15) is 13.8 Å². The molecule has 0 heterocycles. The summed E-state index contributed by atoms with van der Waals surface area (Å²) in [5.74, 6) is 0.204. The summed E-state index contributed by atoms with van der Waals surface area (Å²) in [7, 11) is -3.31. The first kappa shape index (κ1) is 16.0. The van der Waals surface area contributed by atoms with Gasteiger partial charge in [-0.2, -0.15) is 0 Å². The minimum Gasteiger partial charge on any atom is -0.370 e. The molecule has 0 amide bonds. The van der Waals surface area contributed by atoms with Crippen LogP contribution in [0, 0.1) is 0 Å². The number of nitrogens with two attached hydrogens (primary N) is 1. The fraction of sp³-hybridized carbons (Fsp3) is 0.417. The highest BCUT2D eigenvalue weighted by molar-refractivity contribution is 9.10. The second-order valence-electron chi connectivity index (χ2n) is 4.34. The van der Waals surface area contributed by atoms with E-state index in [0.29, 0.717) is 4.90 Å². The van der Waals surface area contributed by atoms with E-state index in [9.17, 15) is 8.42 Å². The van der Waals surface area contributed by atoms with Gasteiger partial charge in [-0.05, 0) is 38.1 Å². The zero-order valence-electron chi connectivity index (χ0n) is 10.9. The molecule has 19 heavy (non-hydrogen) atoms. The van der Waals surface area contributed by atoms with Crippen molar-refractivity contribution in [3.05, 3.63) is 28.7 Å². The average Bonchev–Trinajstić information content (AvgIpc) is 2.28. The lowest BCUT2D eigenvalue weighted by molar-refractivity contribution is 0.596. The van der Waals surface area contributed by atoms with Crippen molar-refractivity contribution in [2.24, 2.45) is 10.7 Å². The Hall–Kier alpha value is -1.08. The number of guanidine groups is 1. The number of rotatable bonds is 5. The van der Waals surface area contributed by atoms with E-state index in [2.05, 4.69) is 26.2 Å². The van der Waals surface area contributed by atoms with Crippen molar-refractivity contribution in [3.63, 3.8) is 0 Å². The van der Waals surface area contributed by atoms with E-state index in [1.54, 1.807) is 24.3 Å². The zero-order chi connectivity index (χ0) is 14.5. The van der Waals surface area contributed by atoms with Crippen molar-refractivity contribution in [2.75, 3.05) is 12.3 Å². The Morgan fingerprint density at radius 3 is 2.47 bits per heavy atom. The van der Waals surface area contributed by atoms with Crippen LogP contribution < -0.4 is 11.1 Å². The van der Waals surface area contributed by atoms with Crippen LogP contribution in [0.4, 0.5) is 0 Å². The molecule has 0 aliphatic carbocycles. The molecule has 1 aromatic carbocycles. The largest absolute Gasteiger partial charge is 0.370 e. The maximum atomic E-state index is 12.0. The number of nitrogens with one attached hydrogen (secondary N) is 1. The molecule has 7 heteroatoms. The van der Waals surface area contributed by atoms with E-state index in [0.717, 1.165) is 4.47 Å². The Kier molecular flexibility index (Phi) is 5.81. The molecule has 0 saturated heterocycles. The lowest BCUT2D eigenvalue weighted by Crippen LogP contribution is -2.37. The van der Waals surface area contributed by atoms with Gasteiger partial charge in [-0.3, -0.25) is 4.99 Å². The molecule has 0 saturated carbocycles. The highest BCUT2D eigenvalue weighted by Gasteiger charge is 2.13. The molecule has 3 N–H and O–H groups in total.